The summed E-state index contributed by atoms with van der Waals surface area (Å²) < 4.78 is 6.83. The second-order valence-electron chi connectivity index (χ2n) is 7.06. The molecular formula is C21H29N7O3. The minimum absolute atomic E-state index is 0.00354. The van der Waals surface area contributed by atoms with Crippen LogP contribution in [0.1, 0.15) is 17.3 Å². The van der Waals surface area contributed by atoms with E-state index in [4.69, 9.17) is 4.74 Å². The van der Waals surface area contributed by atoms with Crippen LogP contribution in [0.2, 0.25) is 0 Å². The fraction of sp³-hybridized carbons (Fsp3) is 0.429. The molecule has 2 N–H and O–H groups in total. The van der Waals surface area contributed by atoms with Gasteiger partial charge in [0.2, 0.25) is 5.91 Å². The summed E-state index contributed by atoms with van der Waals surface area (Å²) in [6.45, 7) is 4.89. The van der Waals surface area contributed by atoms with E-state index < -0.39 is 0 Å². The Bertz CT molecular complexity index is 941. The molecule has 0 atom stereocenters. The smallest absolute Gasteiger partial charge is 0.251 e. The topological polar surface area (TPSA) is 104 Å². The number of carbonyl (C=O) groups excluding carboxylic acids is 2. The van der Waals surface area contributed by atoms with E-state index in [1.165, 1.54) is 0 Å². The van der Waals surface area contributed by atoms with Crippen LogP contribution in [0.25, 0.3) is 0 Å². The number of methoxy groups -OCH3 is 1. The van der Waals surface area contributed by atoms with E-state index in [2.05, 4.69) is 20.7 Å². The molecule has 0 spiro atoms. The number of nitrogens with one attached hydrogen (secondary N) is 2. The first-order valence-electron chi connectivity index (χ1n) is 10.3. The third-order valence-corrected chi connectivity index (χ3v) is 4.85. The average molecular weight is 428 g/mol. The summed E-state index contributed by atoms with van der Waals surface area (Å²) in [7, 11) is 3.39. The lowest BCUT2D eigenvalue weighted by atomic mass is 10.2. The number of benzene rings is 1. The van der Waals surface area contributed by atoms with E-state index in [0.29, 0.717) is 50.0 Å². The Hall–Kier alpha value is -3.56. The van der Waals surface area contributed by atoms with Crippen molar-refractivity contribution < 1.29 is 14.3 Å². The molecule has 2 heterocycles. The number of guanidine groups is 1. The van der Waals surface area contributed by atoms with Crippen molar-refractivity contribution in [3.63, 3.8) is 0 Å². The fourth-order valence-corrected chi connectivity index (χ4v) is 3.30. The maximum atomic E-state index is 12.6. The number of carbonyl (C=O) groups is 2. The number of aliphatic imine (C=N–C) groups is 1. The number of ether oxygens (including phenoxy) is 1. The molecule has 1 saturated heterocycles. The van der Waals surface area contributed by atoms with Gasteiger partial charge in [0.05, 0.1) is 25.5 Å². The molecule has 2 aromatic rings. The molecule has 0 saturated carbocycles. The zero-order valence-corrected chi connectivity index (χ0v) is 18.2. The summed E-state index contributed by atoms with van der Waals surface area (Å²) in [6.07, 6.45) is 3.52. The van der Waals surface area contributed by atoms with Gasteiger partial charge in [-0.2, -0.15) is 5.10 Å². The SMILES string of the molecule is CCNC(=NCCNC(=O)c1cccc(OC)c1)N1CCN(c2cnn(C)c2)C(=O)C1. The van der Waals surface area contributed by atoms with E-state index in [-0.39, 0.29) is 18.4 Å². The van der Waals surface area contributed by atoms with Crippen LogP contribution in [0.15, 0.2) is 41.7 Å². The molecule has 1 aliphatic rings. The van der Waals surface area contributed by atoms with Crippen molar-refractivity contribution >= 4 is 23.5 Å². The summed E-state index contributed by atoms with van der Waals surface area (Å²) in [4.78, 5) is 33.2. The molecule has 2 amide bonds. The Kier molecular flexibility index (Phi) is 7.47. The second kappa shape index (κ2) is 10.5. The van der Waals surface area contributed by atoms with Gasteiger partial charge >= 0.3 is 0 Å². The first kappa shape index (κ1) is 22.1. The predicted octanol–water partition coefficient (Wildman–Crippen LogP) is 0.473. The molecule has 1 aromatic heterocycles. The molecule has 31 heavy (non-hydrogen) atoms. The van der Waals surface area contributed by atoms with Crippen LogP contribution < -0.4 is 20.3 Å². The van der Waals surface area contributed by atoms with Crippen LogP contribution >= 0.6 is 0 Å². The van der Waals surface area contributed by atoms with Crippen molar-refractivity contribution in [1.29, 1.82) is 0 Å². The standard InChI is InChI=1S/C21H29N7O3/c1-4-22-21(24-9-8-23-20(30)16-6-5-7-18(12-16)31-3)27-10-11-28(19(29)15-27)17-13-25-26(2)14-17/h5-7,12-14H,4,8-11,15H2,1-3H3,(H,22,24)(H,23,30). The van der Waals surface area contributed by atoms with Crippen molar-refractivity contribution in [2.45, 2.75) is 6.92 Å². The molecule has 1 aromatic carbocycles. The summed E-state index contributed by atoms with van der Waals surface area (Å²) in [6, 6.07) is 6.99. The molecule has 166 valence electrons. The molecule has 10 heteroatoms. The highest BCUT2D eigenvalue weighted by Gasteiger charge is 2.27. The molecule has 0 bridgehead atoms. The first-order chi connectivity index (χ1) is 15.0. The van der Waals surface area contributed by atoms with Crippen molar-refractivity contribution in [3.8, 4) is 5.75 Å². The van der Waals surface area contributed by atoms with E-state index in [1.807, 2.05) is 25.1 Å². The molecule has 0 aliphatic carbocycles. The van der Waals surface area contributed by atoms with Crippen molar-refractivity contribution in [1.82, 2.24) is 25.3 Å². The summed E-state index contributed by atoms with van der Waals surface area (Å²) in [5.74, 6) is 1.11. The van der Waals surface area contributed by atoms with Gasteiger partial charge in [0, 0.05) is 45.0 Å². The van der Waals surface area contributed by atoms with Crippen LogP contribution in [-0.2, 0) is 11.8 Å². The molecule has 10 nitrogen and oxygen atoms in total. The van der Waals surface area contributed by atoms with E-state index in [9.17, 15) is 9.59 Å². The van der Waals surface area contributed by atoms with Gasteiger partial charge in [0.1, 0.15) is 12.3 Å². The van der Waals surface area contributed by atoms with Crippen molar-refractivity contribution in [2.75, 3.05) is 51.3 Å². The Morgan fingerprint density at radius 3 is 2.81 bits per heavy atom. The summed E-state index contributed by atoms with van der Waals surface area (Å²) in [5, 5.41) is 10.2. The van der Waals surface area contributed by atoms with Gasteiger partial charge in [0.25, 0.3) is 5.91 Å². The van der Waals surface area contributed by atoms with E-state index in [0.717, 1.165) is 5.69 Å². The molecule has 0 unspecified atom stereocenters. The highest BCUT2D eigenvalue weighted by atomic mass is 16.5. The lowest BCUT2D eigenvalue weighted by Gasteiger charge is -2.35. The summed E-state index contributed by atoms with van der Waals surface area (Å²) in [5.41, 5.74) is 1.33. The largest absolute Gasteiger partial charge is 0.497 e. The van der Waals surface area contributed by atoms with Gasteiger partial charge in [-0.1, -0.05) is 6.07 Å². The normalized spacial score (nSPS) is 14.5. The maximum Gasteiger partial charge on any atom is 0.251 e. The zero-order chi connectivity index (χ0) is 22.2. The molecule has 0 radical (unpaired) electrons. The highest BCUT2D eigenvalue weighted by molar-refractivity contribution is 5.98. The third kappa shape index (κ3) is 5.74. The van der Waals surface area contributed by atoms with Gasteiger partial charge in [-0.05, 0) is 25.1 Å². The molecular weight excluding hydrogens is 398 g/mol. The first-order valence-corrected chi connectivity index (χ1v) is 10.3. The number of anilines is 1. The van der Waals surface area contributed by atoms with Gasteiger partial charge in [0.15, 0.2) is 5.96 Å². The average Bonchev–Trinajstić information content (AvgIpc) is 3.21. The Morgan fingerprint density at radius 1 is 1.29 bits per heavy atom. The zero-order valence-electron chi connectivity index (χ0n) is 18.2. The Labute approximate surface area is 181 Å². The van der Waals surface area contributed by atoms with Crippen LogP contribution in [0.3, 0.4) is 0 Å². The number of hydrogen-bond donors (Lipinski definition) is 2. The molecule has 1 aliphatic heterocycles. The Morgan fingerprint density at radius 2 is 2.13 bits per heavy atom. The number of aryl methyl sites for hydroxylation is 1. The van der Waals surface area contributed by atoms with Crippen LogP contribution in [0.5, 0.6) is 5.75 Å². The second-order valence-corrected chi connectivity index (χ2v) is 7.06. The molecule has 1 fully saturated rings. The van der Waals surface area contributed by atoms with Crippen molar-refractivity contribution in [2.24, 2.45) is 12.0 Å². The quantitative estimate of drug-likeness (QED) is 0.378. The summed E-state index contributed by atoms with van der Waals surface area (Å²) >= 11 is 0. The van der Waals surface area contributed by atoms with Gasteiger partial charge in [-0.25, -0.2) is 0 Å². The third-order valence-electron chi connectivity index (χ3n) is 4.85. The van der Waals surface area contributed by atoms with Crippen molar-refractivity contribution in [3.05, 3.63) is 42.2 Å². The predicted molar refractivity (Wildman–Crippen MR) is 118 cm³/mol. The minimum atomic E-state index is -0.181. The molecule has 3 rings (SSSR count). The lowest BCUT2D eigenvalue weighted by molar-refractivity contribution is -0.120. The maximum absolute atomic E-state index is 12.6. The lowest BCUT2D eigenvalue weighted by Crippen LogP contribution is -2.55. The van der Waals surface area contributed by atoms with Gasteiger partial charge in [-0.3, -0.25) is 19.3 Å². The van der Waals surface area contributed by atoms with E-state index in [1.54, 1.807) is 47.2 Å². The number of hydrogen-bond acceptors (Lipinski definition) is 5. The fourth-order valence-electron chi connectivity index (χ4n) is 3.30. The Balaban J connectivity index is 1.54. The van der Waals surface area contributed by atoms with Crippen LogP contribution in [-0.4, -0.2) is 78.8 Å². The van der Waals surface area contributed by atoms with Crippen LogP contribution in [0, 0.1) is 0 Å². The number of rotatable bonds is 7. The van der Waals surface area contributed by atoms with Crippen LogP contribution in [0.4, 0.5) is 5.69 Å². The number of piperazine rings is 1. The van der Waals surface area contributed by atoms with E-state index >= 15 is 0 Å². The minimum Gasteiger partial charge on any atom is -0.497 e. The number of nitrogens with zero attached hydrogens (tertiary/aromatic N) is 5. The number of amides is 2. The number of aromatic nitrogens is 2. The van der Waals surface area contributed by atoms with Gasteiger partial charge < -0.3 is 25.2 Å². The van der Waals surface area contributed by atoms with Gasteiger partial charge in [-0.15, -0.1) is 0 Å². The monoisotopic (exact) mass is 427 g/mol. The highest BCUT2D eigenvalue weighted by Crippen LogP contribution is 2.16.